The van der Waals surface area contributed by atoms with E-state index in [-0.39, 0.29) is 35.4 Å². The molecule has 2 heterocycles. The number of nitrogens with one attached hydrogen (secondary N) is 1. The second-order valence-corrected chi connectivity index (χ2v) is 11.0. The number of halogens is 4. The molecule has 45 heavy (non-hydrogen) atoms. The topological polar surface area (TPSA) is 104 Å². The van der Waals surface area contributed by atoms with Gasteiger partial charge in [0.25, 0.3) is 5.91 Å². The maximum atomic E-state index is 13.6. The predicted molar refractivity (Wildman–Crippen MR) is 155 cm³/mol. The number of cyclic esters (lactones) is 1. The summed E-state index contributed by atoms with van der Waals surface area (Å²) in [6.45, 7) is 2.90. The van der Waals surface area contributed by atoms with Crippen LogP contribution in [-0.2, 0) is 33.3 Å². The molecule has 1 aliphatic heterocycles. The number of hydrogen-bond donors (Lipinski definition) is 1. The van der Waals surface area contributed by atoms with Crippen LogP contribution in [0.15, 0.2) is 60.8 Å². The highest BCUT2D eigenvalue weighted by molar-refractivity contribution is 5.98. The third kappa shape index (κ3) is 8.80. The van der Waals surface area contributed by atoms with E-state index in [0.29, 0.717) is 31.2 Å². The molecule has 2 aromatic carbocycles. The molecule has 0 radical (unpaired) electrons. The lowest BCUT2D eigenvalue weighted by molar-refractivity contribution is -0.153. The van der Waals surface area contributed by atoms with Crippen LogP contribution in [0.2, 0.25) is 0 Å². The number of nitrogens with zero attached hydrogens (tertiary/aromatic N) is 1. The van der Waals surface area contributed by atoms with E-state index in [0.717, 1.165) is 24.6 Å². The molecular weight excluding hydrogens is 596 g/mol. The monoisotopic (exact) mass is 630 g/mol. The van der Waals surface area contributed by atoms with Crippen LogP contribution in [0.5, 0.6) is 11.5 Å². The van der Waals surface area contributed by atoms with Gasteiger partial charge in [0.1, 0.15) is 18.0 Å². The molecule has 1 aromatic heterocycles. The van der Waals surface area contributed by atoms with Gasteiger partial charge in [0.05, 0.1) is 12.7 Å². The van der Waals surface area contributed by atoms with Crippen LogP contribution < -0.4 is 14.8 Å². The van der Waals surface area contributed by atoms with Gasteiger partial charge in [-0.2, -0.15) is 13.2 Å². The van der Waals surface area contributed by atoms with E-state index in [4.69, 9.17) is 14.2 Å². The summed E-state index contributed by atoms with van der Waals surface area (Å²) < 4.78 is 69.4. The number of amides is 1. The molecule has 0 bridgehead atoms. The van der Waals surface area contributed by atoms with Crippen LogP contribution in [0.4, 0.5) is 17.6 Å². The fourth-order valence-electron chi connectivity index (χ4n) is 5.62. The van der Waals surface area contributed by atoms with Crippen molar-refractivity contribution in [2.45, 2.75) is 64.3 Å². The highest BCUT2D eigenvalue weighted by Crippen LogP contribution is 2.35. The van der Waals surface area contributed by atoms with Crippen LogP contribution in [-0.4, -0.2) is 42.1 Å². The van der Waals surface area contributed by atoms with E-state index < -0.39 is 47.5 Å². The summed E-state index contributed by atoms with van der Waals surface area (Å²) in [4.78, 5) is 42.4. The molecule has 1 amide bonds. The maximum Gasteiger partial charge on any atom is 0.416 e. The van der Waals surface area contributed by atoms with Gasteiger partial charge >= 0.3 is 18.1 Å². The largest absolute Gasteiger partial charge is 0.493 e. The van der Waals surface area contributed by atoms with Crippen LogP contribution in [0, 0.1) is 17.7 Å². The highest BCUT2D eigenvalue weighted by Gasteiger charge is 2.36. The highest BCUT2D eigenvalue weighted by atomic mass is 19.4. The number of pyridine rings is 1. The quantitative estimate of drug-likeness (QED) is 0.237. The number of esters is 2. The molecule has 12 heteroatoms. The van der Waals surface area contributed by atoms with Crippen molar-refractivity contribution in [1.29, 1.82) is 0 Å². The molecule has 4 unspecified atom stereocenters. The molecule has 4 rings (SSSR count). The third-order valence-corrected chi connectivity index (χ3v) is 7.88. The molecular formula is C33H34F4N2O6. The van der Waals surface area contributed by atoms with Crippen molar-refractivity contribution in [2.24, 2.45) is 11.8 Å². The van der Waals surface area contributed by atoms with Crippen molar-refractivity contribution in [3.8, 4) is 11.5 Å². The first-order valence-corrected chi connectivity index (χ1v) is 14.5. The number of rotatable bonds is 8. The summed E-state index contributed by atoms with van der Waals surface area (Å²) in [5.41, 5.74) is 0.515. The van der Waals surface area contributed by atoms with E-state index in [9.17, 15) is 31.9 Å². The Balaban J connectivity index is 1.58. The average Bonchev–Trinajstić information content (AvgIpc) is 3.03. The number of carbonyl (C=O) groups excluding carboxylic acids is 3. The van der Waals surface area contributed by atoms with Gasteiger partial charge in [-0.3, -0.25) is 9.59 Å². The van der Waals surface area contributed by atoms with Gasteiger partial charge in [-0.05, 0) is 73.9 Å². The van der Waals surface area contributed by atoms with E-state index in [1.807, 2.05) is 0 Å². The smallest absolute Gasteiger partial charge is 0.416 e. The van der Waals surface area contributed by atoms with E-state index in [1.165, 1.54) is 43.6 Å². The minimum atomic E-state index is -4.46. The molecule has 1 aliphatic rings. The fraction of sp³-hybridized carbons (Fsp3) is 0.394. The lowest BCUT2D eigenvalue weighted by Gasteiger charge is -2.31. The molecule has 240 valence electrons. The van der Waals surface area contributed by atoms with E-state index >= 15 is 0 Å². The van der Waals surface area contributed by atoms with Gasteiger partial charge < -0.3 is 19.5 Å². The minimum Gasteiger partial charge on any atom is -0.493 e. The Kier molecular flexibility index (Phi) is 10.8. The maximum absolute atomic E-state index is 13.6. The van der Waals surface area contributed by atoms with Gasteiger partial charge in [0, 0.05) is 25.1 Å². The number of alkyl halides is 3. The zero-order valence-electron chi connectivity index (χ0n) is 25.0. The molecule has 1 saturated heterocycles. The van der Waals surface area contributed by atoms with Crippen LogP contribution in [0.25, 0.3) is 0 Å². The van der Waals surface area contributed by atoms with Crippen molar-refractivity contribution in [3.63, 3.8) is 0 Å². The van der Waals surface area contributed by atoms with Gasteiger partial charge in [0.15, 0.2) is 11.4 Å². The first-order valence-electron chi connectivity index (χ1n) is 14.5. The third-order valence-electron chi connectivity index (χ3n) is 7.88. The summed E-state index contributed by atoms with van der Waals surface area (Å²) in [5.74, 6) is -3.02. The summed E-state index contributed by atoms with van der Waals surface area (Å²) >= 11 is 0. The molecule has 3 aromatic rings. The zero-order valence-corrected chi connectivity index (χ0v) is 25.0. The molecule has 1 N–H and O–H groups in total. The van der Waals surface area contributed by atoms with Gasteiger partial charge in [-0.15, -0.1) is 0 Å². The van der Waals surface area contributed by atoms with Crippen LogP contribution in [0.3, 0.4) is 0 Å². The number of aromatic nitrogens is 1. The van der Waals surface area contributed by atoms with E-state index in [1.54, 1.807) is 19.1 Å². The summed E-state index contributed by atoms with van der Waals surface area (Å²) in [7, 11) is 1.34. The van der Waals surface area contributed by atoms with Crippen LogP contribution >= 0.6 is 0 Å². The number of carbonyl (C=O) groups is 3. The first-order chi connectivity index (χ1) is 21.3. The Morgan fingerprint density at radius 1 is 1.00 bits per heavy atom. The lowest BCUT2D eigenvalue weighted by Crippen LogP contribution is -2.43. The fourth-order valence-corrected chi connectivity index (χ4v) is 5.62. The summed E-state index contributed by atoms with van der Waals surface area (Å²) in [5, 5.41) is 2.65. The van der Waals surface area contributed by atoms with Crippen molar-refractivity contribution in [3.05, 3.63) is 89.0 Å². The van der Waals surface area contributed by atoms with Crippen LogP contribution in [0.1, 0.15) is 60.3 Å². The Hall–Kier alpha value is -4.48. The first kappa shape index (κ1) is 33.4. The van der Waals surface area contributed by atoms with Crippen molar-refractivity contribution >= 4 is 17.8 Å². The molecule has 8 nitrogen and oxygen atoms in total. The SMILES string of the molecule is COc1ccnc(C(=O)NC2CCCC(Cc3ccc(C(F)(F)F)cc3)C(Cc3ccc(F)cc3)C(C)OC2=O)c1OC(C)=O. The van der Waals surface area contributed by atoms with Gasteiger partial charge in [0.2, 0.25) is 5.75 Å². The summed E-state index contributed by atoms with van der Waals surface area (Å²) in [6.07, 6.45) is -1.72. The van der Waals surface area contributed by atoms with Crippen molar-refractivity contribution < 1.29 is 46.2 Å². The number of benzene rings is 2. The second kappa shape index (κ2) is 14.5. The Labute approximate surface area is 258 Å². The predicted octanol–water partition coefficient (Wildman–Crippen LogP) is 6.11. The number of hydrogen-bond acceptors (Lipinski definition) is 7. The molecule has 0 saturated carbocycles. The average molecular weight is 631 g/mol. The number of ether oxygens (including phenoxy) is 3. The van der Waals surface area contributed by atoms with Crippen molar-refractivity contribution in [1.82, 2.24) is 10.3 Å². The standard InChI is InChI=1S/C33H34F4N2O6/c1-19-26(18-22-9-13-25(34)14-10-22)23(17-21-7-11-24(12-8-21)33(35,36)37)5-4-6-27(32(42)44-19)39-31(41)29-30(45-20(2)40)28(43-3)15-16-38-29/h7-16,19,23,26-27H,4-6,17-18H2,1-3H3,(H,39,41). The molecule has 0 aliphatic carbocycles. The molecule has 4 atom stereocenters. The normalized spacial score (nSPS) is 20.6. The summed E-state index contributed by atoms with van der Waals surface area (Å²) in [6, 6.07) is 11.3. The number of methoxy groups -OCH3 is 1. The minimum absolute atomic E-state index is 0.103. The Bertz CT molecular complexity index is 1490. The zero-order chi connectivity index (χ0) is 32.7. The van der Waals surface area contributed by atoms with Crippen molar-refractivity contribution in [2.75, 3.05) is 7.11 Å². The Morgan fingerprint density at radius 3 is 2.27 bits per heavy atom. The molecule has 0 spiro atoms. The van der Waals surface area contributed by atoms with E-state index in [2.05, 4.69) is 10.3 Å². The van der Waals surface area contributed by atoms with Gasteiger partial charge in [-0.1, -0.05) is 30.7 Å². The van der Waals surface area contributed by atoms with Gasteiger partial charge in [-0.25, -0.2) is 14.2 Å². The Morgan fingerprint density at radius 2 is 1.64 bits per heavy atom. The lowest BCUT2D eigenvalue weighted by atomic mass is 9.77. The molecule has 1 fully saturated rings. The second-order valence-electron chi connectivity index (χ2n) is 11.0.